The molecule has 1 unspecified atom stereocenters. The molecule has 1 aromatic rings. The van der Waals surface area contributed by atoms with Gasteiger partial charge in [0.05, 0.1) is 6.54 Å². The van der Waals surface area contributed by atoms with Crippen LogP contribution in [0.3, 0.4) is 0 Å². The number of benzene rings is 1. The Hall–Kier alpha value is -0.610. The molecule has 1 N–H and O–H groups in total. The minimum atomic E-state index is -2.26. The van der Waals surface area contributed by atoms with E-state index in [0.717, 1.165) is 5.75 Å². The van der Waals surface area contributed by atoms with E-state index in [0.29, 0.717) is 12.5 Å². The summed E-state index contributed by atoms with van der Waals surface area (Å²) in [6.45, 7) is 0.442. The fourth-order valence-corrected chi connectivity index (χ4v) is 3.02. The highest BCUT2D eigenvalue weighted by molar-refractivity contribution is 7.99. The molecule has 1 aromatic carbocycles. The summed E-state index contributed by atoms with van der Waals surface area (Å²) in [5.74, 6) is 1.38. The van der Waals surface area contributed by atoms with Crippen molar-refractivity contribution in [1.82, 2.24) is 5.32 Å². The van der Waals surface area contributed by atoms with E-state index < -0.39 is 6.43 Å². The van der Waals surface area contributed by atoms with Crippen molar-refractivity contribution >= 4 is 11.8 Å². The van der Waals surface area contributed by atoms with E-state index in [2.05, 4.69) is 17.4 Å². The third kappa shape index (κ3) is 2.69. The van der Waals surface area contributed by atoms with E-state index in [9.17, 15) is 8.78 Å². The Morgan fingerprint density at radius 3 is 3.00 bits per heavy atom. The van der Waals surface area contributed by atoms with Gasteiger partial charge in [-0.1, -0.05) is 18.2 Å². The van der Waals surface area contributed by atoms with Gasteiger partial charge in [0.1, 0.15) is 0 Å². The molecule has 0 fully saturated rings. The molecule has 0 saturated carbocycles. The normalized spacial score (nSPS) is 19.5. The summed E-state index contributed by atoms with van der Waals surface area (Å²) in [5, 5.41) is 2.80. The molecule has 1 aliphatic heterocycles. The molecule has 0 amide bonds. The summed E-state index contributed by atoms with van der Waals surface area (Å²) in [5.41, 5.74) is 1.30. The monoisotopic (exact) mass is 229 g/mol. The van der Waals surface area contributed by atoms with Crippen LogP contribution >= 0.6 is 11.8 Å². The second kappa shape index (κ2) is 4.94. The molecule has 0 aromatic heterocycles. The van der Waals surface area contributed by atoms with Gasteiger partial charge in [0.2, 0.25) is 0 Å². The maximum atomic E-state index is 11.9. The summed E-state index contributed by atoms with van der Waals surface area (Å²) in [6, 6.07) is 8.20. The van der Waals surface area contributed by atoms with Crippen LogP contribution in [0.15, 0.2) is 29.2 Å². The molecule has 15 heavy (non-hydrogen) atoms. The number of hydrogen-bond acceptors (Lipinski definition) is 2. The number of rotatable bonds is 4. The first-order valence-electron chi connectivity index (χ1n) is 4.98. The molecule has 1 nitrogen and oxygen atoms in total. The molecule has 0 spiro atoms. The smallest absolute Gasteiger partial charge is 0.250 e. The minimum Gasteiger partial charge on any atom is -0.311 e. The molecule has 82 valence electrons. The topological polar surface area (TPSA) is 12.0 Å². The summed E-state index contributed by atoms with van der Waals surface area (Å²) < 4.78 is 23.9. The lowest BCUT2D eigenvalue weighted by molar-refractivity contribution is 0.145. The van der Waals surface area contributed by atoms with Crippen molar-refractivity contribution in [3.05, 3.63) is 29.8 Å². The Labute approximate surface area is 92.3 Å². The first-order valence-corrected chi connectivity index (χ1v) is 5.96. The van der Waals surface area contributed by atoms with E-state index in [1.165, 1.54) is 10.5 Å². The summed E-state index contributed by atoms with van der Waals surface area (Å²) in [6.07, 6.45) is -2.26. The quantitative estimate of drug-likeness (QED) is 0.852. The highest BCUT2D eigenvalue weighted by atomic mass is 32.2. The van der Waals surface area contributed by atoms with Crippen molar-refractivity contribution < 1.29 is 8.78 Å². The predicted molar refractivity (Wildman–Crippen MR) is 58.8 cm³/mol. The Bertz CT molecular complexity index is 330. The van der Waals surface area contributed by atoms with Crippen LogP contribution < -0.4 is 5.32 Å². The van der Waals surface area contributed by atoms with E-state index in [-0.39, 0.29) is 6.54 Å². The average molecular weight is 229 g/mol. The Morgan fingerprint density at radius 2 is 2.20 bits per heavy atom. The molecule has 0 bridgehead atoms. The Balaban J connectivity index is 1.90. The largest absolute Gasteiger partial charge is 0.311 e. The van der Waals surface area contributed by atoms with Crippen molar-refractivity contribution in [2.24, 2.45) is 0 Å². The summed E-state index contributed by atoms with van der Waals surface area (Å²) >= 11 is 1.81. The van der Waals surface area contributed by atoms with Crippen molar-refractivity contribution in [1.29, 1.82) is 0 Å². The zero-order valence-electron chi connectivity index (χ0n) is 8.25. The Kier molecular flexibility index (Phi) is 3.59. The second-order valence-electron chi connectivity index (χ2n) is 3.60. The minimum absolute atomic E-state index is 0.205. The SMILES string of the molecule is FC(F)CNCC1CSc2ccccc21. The van der Waals surface area contributed by atoms with Crippen LogP contribution in [0.2, 0.25) is 0 Å². The molecule has 0 saturated heterocycles. The van der Waals surface area contributed by atoms with Gasteiger partial charge in [-0.25, -0.2) is 8.78 Å². The van der Waals surface area contributed by atoms with Crippen LogP contribution in [0.5, 0.6) is 0 Å². The zero-order valence-corrected chi connectivity index (χ0v) is 9.07. The van der Waals surface area contributed by atoms with Gasteiger partial charge in [-0.2, -0.15) is 0 Å². The third-order valence-electron chi connectivity index (χ3n) is 2.49. The Morgan fingerprint density at radius 1 is 1.40 bits per heavy atom. The fourth-order valence-electron chi connectivity index (χ4n) is 1.76. The van der Waals surface area contributed by atoms with Gasteiger partial charge in [0, 0.05) is 23.1 Å². The fraction of sp³-hybridized carbons (Fsp3) is 0.455. The van der Waals surface area contributed by atoms with Gasteiger partial charge in [-0.3, -0.25) is 0 Å². The average Bonchev–Trinajstić information content (AvgIpc) is 2.62. The number of halogens is 2. The zero-order chi connectivity index (χ0) is 10.7. The van der Waals surface area contributed by atoms with Crippen LogP contribution in [0.25, 0.3) is 0 Å². The molecule has 4 heteroatoms. The number of nitrogens with one attached hydrogen (secondary N) is 1. The molecule has 1 aliphatic rings. The maximum Gasteiger partial charge on any atom is 0.250 e. The van der Waals surface area contributed by atoms with Crippen LogP contribution in [-0.4, -0.2) is 25.3 Å². The molecule has 0 radical (unpaired) electrons. The molecular formula is C11H13F2NS. The van der Waals surface area contributed by atoms with Crippen molar-refractivity contribution in [3.63, 3.8) is 0 Å². The maximum absolute atomic E-state index is 11.9. The standard InChI is InChI=1S/C11H13F2NS/c12-11(13)6-14-5-8-7-15-10-4-2-1-3-9(8)10/h1-4,8,11,14H,5-7H2. The summed E-state index contributed by atoms with van der Waals surface area (Å²) in [4.78, 5) is 1.29. The van der Waals surface area contributed by atoms with Crippen molar-refractivity contribution in [2.75, 3.05) is 18.8 Å². The second-order valence-corrected chi connectivity index (χ2v) is 4.66. The van der Waals surface area contributed by atoms with Gasteiger partial charge in [0.25, 0.3) is 6.43 Å². The number of fused-ring (bicyclic) bond motifs is 1. The van der Waals surface area contributed by atoms with Gasteiger partial charge in [-0.05, 0) is 11.6 Å². The first-order chi connectivity index (χ1) is 7.27. The van der Waals surface area contributed by atoms with E-state index in [1.54, 1.807) is 0 Å². The molecule has 1 heterocycles. The molecule has 2 rings (SSSR count). The van der Waals surface area contributed by atoms with Crippen LogP contribution in [0, 0.1) is 0 Å². The van der Waals surface area contributed by atoms with Crippen LogP contribution in [0.4, 0.5) is 8.78 Å². The van der Waals surface area contributed by atoms with Gasteiger partial charge >= 0.3 is 0 Å². The molecule has 1 atom stereocenters. The lowest BCUT2D eigenvalue weighted by Gasteiger charge is -2.11. The van der Waals surface area contributed by atoms with Crippen LogP contribution in [-0.2, 0) is 0 Å². The van der Waals surface area contributed by atoms with Gasteiger partial charge in [0.15, 0.2) is 0 Å². The predicted octanol–water partition coefficient (Wildman–Crippen LogP) is 2.73. The highest BCUT2D eigenvalue weighted by Gasteiger charge is 2.22. The van der Waals surface area contributed by atoms with E-state index >= 15 is 0 Å². The van der Waals surface area contributed by atoms with Crippen molar-refractivity contribution in [2.45, 2.75) is 17.2 Å². The number of thioether (sulfide) groups is 1. The highest BCUT2D eigenvalue weighted by Crippen LogP contribution is 2.38. The first kappa shape index (κ1) is 10.9. The van der Waals surface area contributed by atoms with E-state index in [1.807, 2.05) is 23.9 Å². The number of hydrogen-bond donors (Lipinski definition) is 1. The van der Waals surface area contributed by atoms with Gasteiger partial charge < -0.3 is 5.32 Å². The van der Waals surface area contributed by atoms with Crippen molar-refractivity contribution in [3.8, 4) is 0 Å². The van der Waals surface area contributed by atoms with Crippen LogP contribution in [0.1, 0.15) is 11.5 Å². The number of alkyl halides is 2. The summed E-state index contributed by atoms with van der Waals surface area (Å²) in [7, 11) is 0. The molecular weight excluding hydrogens is 216 g/mol. The van der Waals surface area contributed by atoms with Gasteiger partial charge in [-0.15, -0.1) is 11.8 Å². The third-order valence-corrected chi connectivity index (χ3v) is 3.74. The lowest BCUT2D eigenvalue weighted by atomic mass is 10.0. The molecule has 0 aliphatic carbocycles. The lowest BCUT2D eigenvalue weighted by Crippen LogP contribution is -2.26. The van der Waals surface area contributed by atoms with E-state index in [4.69, 9.17) is 0 Å².